The first-order valence-electron chi connectivity index (χ1n) is 6.28. The van der Waals surface area contributed by atoms with E-state index < -0.39 is 18.2 Å². The van der Waals surface area contributed by atoms with Crippen LogP contribution in [-0.4, -0.2) is 24.9 Å². The summed E-state index contributed by atoms with van der Waals surface area (Å²) in [4.78, 5) is 11.3. The van der Waals surface area contributed by atoms with Gasteiger partial charge in [-0.2, -0.15) is 0 Å². The quantitative estimate of drug-likeness (QED) is 0.821. The topological polar surface area (TPSA) is 61.5 Å². The lowest BCUT2D eigenvalue weighted by molar-refractivity contribution is -0.149. The third-order valence-corrected chi connectivity index (χ3v) is 2.46. The molecule has 0 spiro atoms. The van der Waals surface area contributed by atoms with Crippen LogP contribution in [0.1, 0.15) is 32.4 Å². The van der Waals surface area contributed by atoms with Crippen molar-refractivity contribution in [3.8, 4) is 5.75 Å². The molecule has 2 N–H and O–H groups in total. The molecule has 2 atom stereocenters. The molecule has 0 aliphatic rings. The van der Waals surface area contributed by atoms with Gasteiger partial charge >= 0.3 is 5.97 Å². The van der Waals surface area contributed by atoms with Gasteiger partial charge in [-0.15, -0.1) is 12.4 Å². The van der Waals surface area contributed by atoms with Crippen molar-refractivity contribution in [1.82, 2.24) is 0 Å². The first-order valence-corrected chi connectivity index (χ1v) is 6.28. The number of benzene rings is 1. The fourth-order valence-electron chi connectivity index (χ4n) is 1.58. The van der Waals surface area contributed by atoms with Gasteiger partial charge in [-0.1, -0.05) is 12.1 Å². The molecule has 1 aromatic rings. The fraction of sp³-hybridized carbons (Fsp3) is 0.500. The number of alkyl halides is 1. The molecule has 0 heterocycles. The highest BCUT2D eigenvalue weighted by atomic mass is 35.5. The molecule has 6 heteroatoms. The van der Waals surface area contributed by atoms with Crippen LogP contribution in [0.3, 0.4) is 0 Å². The number of carbonyl (C=O) groups is 1. The lowest BCUT2D eigenvalue weighted by Crippen LogP contribution is -2.31. The van der Waals surface area contributed by atoms with Gasteiger partial charge < -0.3 is 15.2 Å². The van der Waals surface area contributed by atoms with Crippen molar-refractivity contribution in [3.05, 3.63) is 29.8 Å². The standard InChI is InChI=1S/C14H20FNO3.ClH/c1-4-18-14(17)12(15)13(16)10-5-7-11(8-6-10)19-9(2)3;/h5-9,12-13H,4,16H2,1-3H3;1H/t12?,13-;/m1./s1. The summed E-state index contributed by atoms with van der Waals surface area (Å²) in [5.41, 5.74) is 6.23. The van der Waals surface area contributed by atoms with Crippen LogP contribution in [0.5, 0.6) is 5.75 Å². The second kappa shape index (κ2) is 8.76. The highest BCUT2D eigenvalue weighted by molar-refractivity contribution is 5.85. The number of nitrogens with two attached hydrogens (primary N) is 1. The van der Waals surface area contributed by atoms with Gasteiger partial charge in [0.25, 0.3) is 0 Å². The van der Waals surface area contributed by atoms with Gasteiger partial charge in [-0.05, 0) is 38.5 Å². The van der Waals surface area contributed by atoms with Crippen molar-refractivity contribution in [2.75, 3.05) is 6.61 Å². The Bertz CT molecular complexity index is 411. The van der Waals surface area contributed by atoms with E-state index in [0.717, 1.165) is 0 Å². The van der Waals surface area contributed by atoms with Crippen molar-refractivity contribution in [2.24, 2.45) is 5.73 Å². The predicted molar refractivity (Wildman–Crippen MR) is 77.9 cm³/mol. The minimum atomic E-state index is -1.86. The summed E-state index contributed by atoms with van der Waals surface area (Å²) < 4.78 is 23.8. The van der Waals surface area contributed by atoms with Gasteiger partial charge in [-0.3, -0.25) is 0 Å². The number of carbonyl (C=O) groups excluding carboxylic acids is 1. The van der Waals surface area contributed by atoms with Crippen molar-refractivity contribution in [3.63, 3.8) is 0 Å². The first-order chi connectivity index (χ1) is 8.95. The molecule has 0 fully saturated rings. The van der Waals surface area contributed by atoms with E-state index in [1.807, 2.05) is 13.8 Å². The molecule has 0 aliphatic carbocycles. The summed E-state index contributed by atoms with van der Waals surface area (Å²) in [5.74, 6) is -0.255. The Morgan fingerprint density at radius 1 is 1.30 bits per heavy atom. The number of halogens is 2. The van der Waals surface area contributed by atoms with Gasteiger partial charge in [-0.25, -0.2) is 9.18 Å². The van der Waals surface area contributed by atoms with E-state index >= 15 is 0 Å². The maximum Gasteiger partial charge on any atom is 0.342 e. The highest BCUT2D eigenvalue weighted by Crippen LogP contribution is 2.21. The van der Waals surface area contributed by atoms with Crippen molar-refractivity contribution >= 4 is 18.4 Å². The number of rotatable bonds is 6. The Balaban J connectivity index is 0.00000361. The summed E-state index contributed by atoms with van der Waals surface area (Å²) >= 11 is 0. The fourth-order valence-corrected chi connectivity index (χ4v) is 1.58. The second-order valence-corrected chi connectivity index (χ2v) is 4.42. The van der Waals surface area contributed by atoms with E-state index in [0.29, 0.717) is 11.3 Å². The van der Waals surface area contributed by atoms with Crippen molar-refractivity contribution in [2.45, 2.75) is 39.1 Å². The van der Waals surface area contributed by atoms with Crippen LogP contribution >= 0.6 is 12.4 Å². The molecule has 0 aromatic heterocycles. The smallest absolute Gasteiger partial charge is 0.342 e. The average Bonchev–Trinajstić information content (AvgIpc) is 2.37. The summed E-state index contributed by atoms with van der Waals surface area (Å²) in [6.07, 6.45) is -1.80. The minimum absolute atomic E-state index is 0. The van der Waals surface area contributed by atoms with E-state index in [-0.39, 0.29) is 25.1 Å². The average molecular weight is 306 g/mol. The van der Waals surface area contributed by atoms with Crippen LogP contribution in [0.15, 0.2) is 24.3 Å². The number of hydrogen-bond donors (Lipinski definition) is 1. The number of esters is 1. The monoisotopic (exact) mass is 305 g/mol. The molecule has 114 valence electrons. The molecule has 4 nitrogen and oxygen atoms in total. The Hall–Kier alpha value is -1.33. The highest BCUT2D eigenvalue weighted by Gasteiger charge is 2.27. The third kappa shape index (κ3) is 5.35. The Morgan fingerprint density at radius 2 is 1.85 bits per heavy atom. The SMILES string of the molecule is CCOC(=O)C(F)[C@H](N)c1ccc(OC(C)C)cc1.Cl. The Morgan fingerprint density at radius 3 is 2.30 bits per heavy atom. The zero-order valence-corrected chi connectivity index (χ0v) is 12.7. The normalized spacial score (nSPS) is 13.3. The van der Waals surface area contributed by atoms with Gasteiger partial charge in [0.15, 0.2) is 0 Å². The number of hydrogen-bond acceptors (Lipinski definition) is 4. The molecule has 1 rings (SSSR count). The van der Waals surface area contributed by atoms with E-state index in [9.17, 15) is 9.18 Å². The molecule has 1 aromatic carbocycles. The van der Waals surface area contributed by atoms with Crippen molar-refractivity contribution < 1.29 is 18.7 Å². The second-order valence-electron chi connectivity index (χ2n) is 4.42. The van der Waals surface area contributed by atoms with Gasteiger partial charge in [0.1, 0.15) is 5.75 Å². The summed E-state index contributed by atoms with van der Waals surface area (Å²) in [6.45, 7) is 5.58. The van der Waals surface area contributed by atoms with Gasteiger partial charge in [0.2, 0.25) is 6.17 Å². The molecule has 0 saturated heterocycles. The molecule has 1 unspecified atom stereocenters. The zero-order valence-electron chi connectivity index (χ0n) is 11.8. The predicted octanol–water partition coefficient (Wildman–Crippen LogP) is 2.80. The molecule has 0 amide bonds. The zero-order chi connectivity index (χ0) is 14.4. The molecule has 0 bridgehead atoms. The summed E-state index contributed by atoms with van der Waals surface area (Å²) in [7, 11) is 0. The van der Waals surface area contributed by atoms with Gasteiger partial charge in [0, 0.05) is 0 Å². The summed E-state index contributed by atoms with van der Waals surface area (Å²) in [6, 6.07) is 5.66. The van der Waals surface area contributed by atoms with Gasteiger partial charge in [0.05, 0.1) is 18.8 Å². The maximum absolute atomic E-state index is 13.7. The van der Waals surface area contributed by atoms with E-state index in [4.69, 9.17) is 10.5 Å². The van der Waals surface area contributed by atoms with E-state index in [1.165, 1.54) is 0 Å². The molecular formula is C14H21ClFNO3. The molecule has 0 radical (unpaired) electrons. The first kappa shape index (κ1) is 18.7. The van der Waals surface area contributed by atoms with E-state index in [2.05, 4.69) is 4.74 Å². The van der Waals surface area contributed by atoms with Crippen LogP contribution < -0.4 is 10.5 Å². The van der Waals surface area contributed by atoms with Crippen LogP contribution in [0.2, 0.25) is 0 Å². The molecule has 0 aliphatic heterocycles. The van der Waals surface area contributed by atoms with Crippen LogP contribution in [0.25, 0.3) is 0 Å². The largest absolute Gasteiger partial charge is 0.491 e. The summed E-state index contributed by atoms with van der Waals surface area (Å²) in [5, 5.41) is 0. The van der Waals surface area contributed by atoms with Crippen LogP contribution in [0, 0.1) is 0 Å². The lowest BCUT2D eigenvalue weighted by atomic mass is 10.0. The van der Waals surface area contributed by atoms with E-state index in [1.54, 1.807) is 31.2 Å². The Labute approximate surface area is 124 Å². The van der Waals surface area contributed by atoms with Crippen LogP contribution in [-0.2, 0) is 9.53 Å². The minimum Gasteiger partial charge on any atom is -0.491 e. The lowest BCUT2D eigenvalue weighted by Gasteiger charge is -2.16. The molecule has 20 heavy (non-hydrogen) atoms. The molecular weight excluding hydrogens is 285 g/mol. The third-order valence-electron chi connectivity index (χ3n) is 2.46. The van der Waals surface area contributed by atoms with Crippen LogP contribution in [0.4, 0.5) is 4.39 Å². The maximum atomic E-state index is 13.7. The Kier molecular flexibility index (Phi) is 8.18. The van der Waals surface area contributed by atoms with Crippen molar-refractivity contribution in [1.29, 1.82) is 0 Å². The molecule has 0 saturated carbocycles. The number of ether oxygens (including phenoxy) is 2.